The van der Waals surface area contributed by atoms with Crippen LogP contribution < -0.4 is 0 Å². The van der Waals surface area contributed by atoms with E-state index in [1.807, 2.05) is 0 Å². The molecule has 78 valence electrons. The molecule has 0 aliphatic rings. The molecule has 7 nitrogen and oxygen atoms in total. The van der Waals surface area contributed by atoms with Gasteiger partial charge in [-0.3, -0.25) is 14.7 Å². The lowest BCUT2D eigenvalue weighted by molar-refractivity contribution is -0.387. The number of benzene rings is 1. The maximum absolute atomic E-state index is 10.7. The Morgan fingerprint density at radius 1 is 1.47 bits per heavy atom. The topological polar surface area (TPSA) is 121 Å². The van der Waals surface area contributed by atoms with Crippen molar-refractivity contribution in [2.45, 2.75) is 4.90 Å². The summed E-state index contributed by atoms with van der Waals surface area (Å²) < 4.78 is 30.1. The second kappa shape index (κ2) is 3.64. The Morgan fingerprint density at radius 2 is 2.07 bits per heavy atom. The van der Waals surface area contributed by atoms with Crippen molar-refractivity contribution in [1.29, 1.82) is 5.26 Å². The van der Waals surface area contributed by atoms with Gasteiger partial charge >= 0.3 is 10.1 Å². The molecule has 0 saturated heterocycles. The van der Waals surface area contributed by atoms with E-state index >= 15 is 0 Å². The van der Waals surface area contributed by atoms with Crippen molar-refractivity contribution >= 4 is 15.8 Å². The summed E-state index contributed by atoms with van der Waals surface area (Å²) in [5, 5.41) is 18.9. The summed E-state index contributed by atoms with van der Waals surface area (Å²) in [5.74, 6) is 0. The first-order chi connectivity index (χ1) is 6.86. The molecule has 0 atom stereocenters. The summed E-state index contributed by atoms with van der Waals surface area (Å²) in [6, 6.07) is 4.28. The molecular formula is C7H4N2O5S. The van der Waals surface area contributed by atoms with Crippen LogP contribution in [0.15, 0.2) is 23.1 Å². The molecule has 0 aliphatic heterocycles. The minimum atomic E-state index is -4.65. The third kappa shape index (κ3) is 2.28. The molecule has 0 aliphatic carbocycles. The van der Waals surface area contributed by atoms with E-state index < -0.39 is 25.6 Å². The van der Waals surface area contributed by atoms with E-state index in [4.69, 9.17) is 9.81 Å². The van der Waals surface area contributed by atoms with Crippen LogP contribution in [0.3, 0.4) is 0 Å². The third-order valence-corrected chi connectivity index (χ3v) is 2.46. The number of nitriles is 1. The van der Waals surface area contributed by atoms with Gasteiger partial charge in [0.25, 0.3) is 5.69 Å². The van der Waals surface area contributed by atoms with E-state index in [9.17, 15) is 18.5 Å². The lowest BCUT2D eigenvalue weighted by Gasteiger charge is -1.98. The Labute approximate surface area is 84.5 Å². The molecule has 0 aromatic heterocycles. The van der Waals surface area contributed by atoms with Crippen LogP contribution in [-0.4, -0.2) is 17.9 Å². The molecule has 8 heteroatoms. The number of hydrogen-bond donors (Lipinski definition) is 1. The minimum Gasteiger partial charge on any atom is -0.282 e. The van der Waals surface area contributed by atoms with E-state index in [1.165, 1.54) is 0 Å². The van der Waals surface area contributed by atoms with Crippen molar-refractivity contribution < 1.29 is 17.9 Å². The minimum absolute atomic E-state index is 0.0610. The number of nitrogens with zero attached hydrogens (tertiary/aromatic N) is 2. The Hall–Kier alpha value is -1.98. The van der Waals surface area contributed by atoms with E-state index in [-0.39, 0.29) is 5.56 Å². The molecule has 0 unspecified atom stereocenters. The molecule has 1 aromatic carbocycles. The zero-order chi connectivity index (χ0) is 11.6. The van der Waals surface area contributed by atoms with Gasteiger partial charge in [0.15, 0.2) is 4.90 Å². The summed E-state index contributed by atoms with van der Waals surface area (Å²) in [7, 11) is -4.65. The Balaban J connectivity index is 3.57. The van der Waals surface area contributed by atoms with Crippen molar-refractivity contribution in [2.75, 3.05) is 0 Å². The Kier molecular flexibility index (Phi) is 2.69. The number of rotatable bonds is 2. The summed E-state index contributed by atoms with van der Waals surface area (Å²) in [4.78, 5) is 8.65. The molecule has 0 bridgehead atoms. The van der Waals surface area contributed by atoms with Crippen LogP contribution in [0.4, 0.5) is 5.69 Å². The average molecular weight is 228 g/mol. The highest BCUT2D eigenvalue weighted by molar-refractivity contribution is 7.86. The molecule has 1 N–H and O–H groups in total. The monoisotopic (exact) mass is 228 g/mol. The summed E-state index contributed by atoms with van der Waals surface area (Å²) >= 11 is 0. The Bertz CT molecular complexity index is 557. The first-order valence-electron chi connectivity index (χ1n) is 3.52. The van der Waals surface area contributed by atoms with Crippen LogP contribution in [0.2, 0.25) is 0 Å². The molecule has 1 rings (SSSR count). The Morgan fingerprint density at radius 3 is 2.47 bits per heavy atom. The van der Waals surface area contributed by atoms with Crippen molar-refractivity contribution in [2.24, 2.45) is 0 Å². The fourth-order valence-electron chi connectivity index (χ4n) is 0.948. The van der Waals surface area contributed by atoms with Gasteiger partial charge < -0.3 is 0 Å². The van der Waals surface area contributed by atoms with Gasteiger partial charge in [0.05, 0.1) is 16.6 Å². The van der Waals surface area contributed by atoms with Crippen LogP contribution in [0.5, 0.6) is 0 Å². The fourth-order valence-corrected chi connectivity index (χ4v) is 1.59. The first kappa shape index (κ1) is 11.1. The zero-order valence-corrected chi connectivity index (χ0v) is 7.93. The van der Waals surface area contributed by atoms with E-state index in [0.29, 0.717) is 0 Å². The normalized spacial score (nSPS) is 10.7. The van der Waals surface area contributed by atoms with Crippen LogP contribution in [0, 0.1) is 21.4 Å². The van der Waals surface area contributed by atoms with Crippen LogP contribution in [0.25, 0.3) is 0 Å². The van der Waals surface area contributed by atoms with E-state index in [1.54, 1.807) is 6.07 Å². The molecule has 15 heavy (non-hydrogen) atoms. The first-order valence-corrected chi connectivity index (χ1v) is 4.96. The van der Waals surface area contributed by atoms with Gasteiger partial charge in [-0.25, -0.2) is 0 Å². The maximum Gasteiger partial charge on any atom is 0.301 e. The molecule has 1 aromatic rings. The van der Waals surface area contributed by atoms with Crippen molar-refractivity contribution in [3.05, 3.63) is 33.9 Å². The molecule has 0 heterocycles. The van der Waals surface area contributed by atoms with Gasteiger partial charge in [0.1, 0.15) is 0 Å². The number of hydrogen-bond acceptors (Lipinski definition) is 5. The predicted octanol–water partition coefficient (Wildman–Crippen LogP) is 0.713. The van der Waals surface area contributed by atoms with Gasteiger partial charge in [0.2, 0.25) is 0 Å². The standard InChI is InChI=1S/C7H4N2O5S/c8-4-5-1-2-7(15(12,13)14)6(3-5)9(10)11/h1-3H,(H,12,13,14). The van der Waals surface area contributed by atoms with Gasteiger partial charge in [0, 0.05) is 6.07 Å². The van der Waals surface area contributed by atoms with Gasteiger partial charge in [-0.2, -0.15) is 13.7 Å². The summed E-state index contributed by atoms with van der Waals surface area (Å²) in [5.41, 5.74) is -0.884. The van der Waals surface area contributed by atoms with Gasteiger partial charge in [-0.05, 0) is 12.1 Å². The lowest BCUT2D eigenvalue weighted by atomic mass is 10.2. The zero-order valence-electron chi connectivity index (χ0n) is 7.11. The highest BCUT2D eigenvalue weighted by atomic mass is 32.2. The summed E-state index contributed by atoms with van der Waals surface area (Å²) in [6.45, 7) is 0. The van der Waals surface area contributed by atoms with Crippen molar-refractivity contribution in [1.82, 2.24) is 0 Å². The molecular weight excluding hydrogens is 224 g/mol. The molecule has 0 amide bonds. The summed E-state index contributed by atoms with van der Waals surface area (Å²) in [6.07, 6.45) is 0. The molecule has 0 radical (unpaired) electrons. The van der Waals surface area contributed by atoms with E-state index in [2.05, 4.69) is 0 Å². The van der Waals surface area contributed by atoms with E-state index in [0.717, 1.165) is 18.2 Å². The predicted molar refractivity (Wildman–Crippen MR) is 47.6 cm³/mol. The highest BCUT2D eigenvalue weighted by Crippen LogP contribution is 2.24. The largest absolute Gasteiger partial charge is 0.301 e. The number of nitro groups is 1. The fraction of sp³-hybridized carbons (Fsp3) is 0. The van der Waals surface area contributed by atoms with Crippen molar-refractivity contribution in [3.8, 4) is 6.07 Å². The van der Waals surface area contributed by atoms with Gasteiger partial charge in [-0.1, -0.05) is 0 Å². The second-order valence-corrected chi connectivity index (χ2v) is 3.92. The highest BCUT2D eigenvalue weighted by Gasteiger charge is 2.24. The van der Waals surface area contributed by atoms with Crippen LogP contribution in [-0.2, 0) is 10.1 Å². The van der Waals surface area contributed by atoms with Crippen LogP contribution in [0.1, 0.15) is 5.56 Å². The molecule has 0 fully saturated rings. The maximum atomic E-state index is 10.7. The lowest BCUT2D eigenvalue weighted by Crippen LogP contribution is -2.03. The average Bonchev–Trinajstić information content (AvgIpc) is 2.15. The smallest absolute Gasteiger partial charge is 0.282 e. The SMILES string of the molecule is N#Cc1ccc(S(=O)(=O)O)c([N+](=O)[O-])c1. The molecule has 0 saturated carbocycles. The molecule has 0 spiro atoms. The van der Waals surface area contributed by atoms with Crippen molar-refractivity contribution in [3.63, 3.8) is 0 Å². The third-order valence-electron chi connectivity index (χ3n) is 1.56. The quantitative estimate of drug-likeness (QED) is 0.452. The van der Waals surface area contributed by atoms with Crippen LogP contribution >= 0.6 is 0 Å². The number of nitro benzene ring substituents is 1. The van der Waals surface area contributed by atoms with Gasteiger partial charge in [-0.15, -0.1) is 0 Å². The second-order valence-electron chi connectivity index (χ2n) is 2.53.